The van der Waals surface area contributed by atoms with Gasteiger partial charge in [-0.1, -0.05) is 6.07 Å². The molecule has 1 aromatic carbocycles. The van der Waals surface area contributed by atoms with Gasteiger partial charge < -0.3 is 25.3 Å². The molecule has 0 aliphatic carbocycles. The van der Waals surface area contributed by atoms with E-state index in [0.29, 0.717) is 63.4 Å². The Morgan fingerprint density at radius 3 is 2.33 bits per heavy atom. The lowest BCUT2D eigenvalue weighted by Gasteiger charge is -2.13. The molecule has 1 heterocycles. The zero-order chi connectivity index (χ0) is 21.8. The van der Waals surface area contributed by atoms with Gasteiger partial charge in [0.2, 0.25) is 0 Å². The summed E-state index contributed by atoms with van der Waals surface area (Å²) in [5.41, 5.74) is 8.69. The van der Waals surface area contributed by atoms with Crippen molar-refractivity contribution in [2.45, 2.75) is 20.8 Å². The van der Waals surface area contributed by atoms with E-state index in [2.05, 4.69) is 15.6 Å². The van der Waals surface area contributed by atoms with Crippen LogP contribution in [0.4, 0.5) is 10.8 Å². The van der Waals surface area contributed by atoms with Gasteiger partial charge in [0.15, 0.2) is 5.13 Å². The van der Waals surface area contributed by atoms with Gasteiger partial charge >= 0.3 is 0 Å². The molecule has 9 heteroatoms. The molecule has 30 heavy (non-hydrogen) atoms. The van der Waals surface area contributed by atoms with Crippen molar-refractivity contribution in [2.75, 3.05) is 63.4 Å². The molecule has 0 aliphatic rings. The van der Waals surface area contributed by atoms with Gasteiger partial charge in [-0.2, -0.15) is 0 Å². The maximum absolute atomic E-state index is 12.6. The first-order valence-electron chi connectivity index (χ1n) is 10.0. The van der Waals surface area contributed by atoms with Gasteiger partial charge in [0.25, 0.3) is 5.91 Å². The van der Waals surface area contributed by atoms with E-state index in [0.717, 1.165) is 21.8 Å². The van der Waals surface area contributed by atoms with Gasteiger partial charge in [-0.3, -0.25) is 10.1 Å². The second-order valence-electron chi connectivity index (χ2n) is 6.65. The number of thiazole rings is 1. The Morgan fingerprint density at radius 1 is 1.03 bits per heavy atom. The van der Waals surface area contributed by atoms with E-state index >= 15 is 0 Å². The Kier molecular flexibility index (Phi) is 10.7. The minimum atomic E-state index is -0.159. The average Bonchev–Trinajstić information content (AvgIpc) is 3.04. The number of hydrogen-bond acceptors (Lipinski definition) is 8. The van der Waals surface area contributed by atoms with Crippen LogP contribution in [0.2, 0.25) is 0 Å². The third-order valence-electron chi connectivity index (χ3n) is 4.40. The van der Waals surface area contributed by atoms with Crippen LogP contribution in [0.5, 0.6) is 0 Å². The van der Waals surface area contributed by atoms with E-state index in [1.165, 1.54) is 11.3 Å². The summed E-state index contributed by atoms with van der Waals surface area (Å²) in [5.74, 6) is -0.159. The third kappa shape index (κ3) is 8.00. The maximum atomic E-state index is 12.6. The summed E-state index contributed by atoms with van der Waals surface area (Å²) in [6.07, 6.45) is 0. The number of anilines is 2. The van der Waals surface area contributed by atoms with Gasteiger partial charge in [-0.25, -0.2) is 4.98 Å². The normalized spacial score (nSPS) is 10.9. The second kappa shape index (κ2) is 13.3. The number of hydrogen-bond donors (Lipinski definition) is 3. The van der Waals surface area contributed by atoms with E-state index in [-0.39, 0.29) is 5.91 Å². The molecule has 2 rings (SSSR count). The topological polar surface area (TPSA) is 108 Å². The van der Waals surface area contributed by atoms with Crippen molar-refractivity contribution in [3.63, 3.8) is 0 Å². The fourth-order valence-corrected chi connectivity index (χ4v) is 3.46. The number of amides is 1. The number of aromatic nitrogens is 1. The van der Waals surface area contributed by atoms with Crippen LogP contribution in [0, 0.1) is 20.8 Å². The van der Waals surface area contributed by atoms with Crippen molar-refractivity contribution in [3.05, 3.63) is 39.9 Å². The molecule has 0 saturated carbocycles. The van der Waals surface area contributed by atoms with Crippen LogP contribution in [-0.2, 0) is 14.2 Å². The molecule has 1 aromatic heterocycles. The smallest absolute Gasteiger partial charge is 0.257 e. The molecular formula is C21H32N4O4S. The molecule has 0 bridgehead atoms. The summed E-state index contributed by atoms with van der Waals surface area (Å²) in [6.45, 7) is 10.2. The number of carbonyl (C=O) groups excluding carboxylic acids is 1. The van der Waals surface area contributed by atoms with Crippen molar-refractivity contribution < 1.29 is 19.0 Å². The molecule has 0 fully saturated rings. The first-order valence-corrected chi connectivity index (χ1v) is 10.9. The number of aryl methyl sites for hydroxylation is 2. The molecule has 0 radical (unpaired) electrons. The molecule has 0 atom stereocenters. The molecule has 1 amide bonds. The van der Waals surface area contributed by atoms with Gasteiger partial charge in [0, 0.05) is 29.2 Å². The Bertz CT molecular complexity index is 778. The predicted molar refractivity (Wildman–Crippen MR) is 121 cm³/mol. The van der Waals surface area contributed by atoms with E-state index in [4.69, 9.17) is 19.9 Å². The Balaban J connectivity index is 1.70. The van der Waals surface area contributed by atoms with E-state index in [1.807, 2.05) is 39.0 Å². The van der Waals surface area contributed by atoms with Crippen LogP contribution in [0.3, 0.4) is 0 Å². The molecular weight excluding hydrogens is 404 g/mol. The van der Waals surface area contributed by atoms with Crippen molar-refractivity contribution in [1.82, 2.24) is 4.98 Å². The quantitative estimate of drug-likeness (QED) is 0.391. The number of nitrogens with zero attached hydrogens (tertiary/aromatic N) is 1. The standard InChI is InChI=1S/C21H32N4O4S/c1-15-18(20(26)25-21-24-16(2)17(3)30-21)5-4-6-19(15)23-8-10-28-12-14-29-13-11-27-9-7-22/h4-6,23H,7-14,22H2,1-3H3,(H,24,25,26). The highest BCUT2D eigenvalue weighted by molar-refractivity contribution is 7.15. The van der Waals surface area contributed by atoms with Crippen molar-refractivity contribution in [3.8, 4) is 0 Å². The highest BCUT2D eigenvalue weighted by Crippen LogP contribution is 2.24. The highest BCUT2D eigenvalue weighted by Gasteiger charge is 2.14. The average molecular weight is 437 g/mol. The Hall–Kier alpha value is -2.04. The monoisotopic (exact) mass is 436 g/mol. The second-order valence-corrected chi connectivity index (χ2v) is 7.85. The van der Waals surface area contributed by atoms with Crippen LogP contribution < -0.4 is 16.4 Å². The molecule has 2 aromatic rings. The number of ether oxygens (including phenoxy) is 3. The molecule has 0 spiro atoms. The summed E-state index contributed by atoms with van der Waals surface area (Å²) in [5, 5.41) is 6.83. The molecule has 0 unspecified atom stereocenters. The first-order chi connectivity index (χ1) is 14.5. The summed E-state index contributed by atoms with van der Waals surface area (Å²) >= 11 is 1.48. The van der Waals surface area contributed by atoms with Crippen molar-refractivity contribution >= 4 is 28.1 Å². The van der Waals surface area contributed by atoms with Crippen LogP contribution in [0.15, 0.2) is 18.2 Å². The molecule has 0 aliphatic heterocycles. The van der Waals surface area contributed by atoms with Crippen molar-refractivity contribution in [2.24, 2.45) is 5.73 Å². The van der Waals surface area contributed by atoms with Gasteiger partial charge in [0.05, 0.1) is 45.3 Å². The SMILES string of the molecule is Cc1nc(NC(=O)c2cccc(NCCOCCOCCOCCN)c2C)sc1C. The summed E-state index contributed by atoms with van der Waals surface area (Å²) in [6, 6.07) is 5.63. The first kappa shape index (κ1) is 24.2. The Labute approximate surface area is 182 Å². The zero-order valence-corrected chi connectivity index (χ0v) is 18.8. The number of nitrogens with two attached hydrogens (primary N) is 1. The highest BCUT2D eigenvalue weighted by atomic mass is 32.1. The van der Waals surface area contributed by atoms with Crippen molar-refractivity contribution in [1.29, 1.82) is 0 Å². The summed E-state index contributed by atoms with van der Waals surface area (Å²) < 4.78 is 16.2. The molecule has 0 saturated heterocycles. The van der Waals surface area contributed by atoms with Crippen LogP contribution in [0.25, 0.3) is 0 Å². The number of nitrogens with one attached hydrogen (secondary N) is 2. The fraction of sp³-hybridized carbons (Fsp3) is 0.524. The zero-order valence-electron chi connectivity index (χ0n) is 18.0. The summed E-state index contributed by atoms with van der Waals surface area (Å²) in [4.78, 5) is 18.1. The van der Waals surface area contributed by atoms with E-state index in [9.17, 15) is 4.79 Å². The summed E-state index contributed by atoms with van der Waals surface area (Å²) in [7, 11) is 0. The number of carbonyl (C=O) groups is 1. The minimum absolute atomic E-state index is 0.159. The minimum Gasteiger partial charge on any atom is -0.382 e. The van der Waals surface area contributed by atoms with Crippen LogP contribution >= 0.6 is 11.3 Å². The van der Waals surface area contributed by atoms with E-state index in [1.54, 1.807) is 0 Å². The van der Waals surface area contributed by atoms with E-state index < -0.39 is 0 Å². The van der Waals surface area contributed by atoms with Gasteiger partial charge in [-0.15, -0.1) is 11.3 Å². The maximum Gasteiger partial charge on any atom is 0.257 e. The lowest BCUT2D eigenvalue weighted by molar-refractivity contribution is 0.0179. The lowest BCUT2D eigenvalue weighted by Crippen LogP contribution is -2.17. The van der Waals surface area contributed by atoms with Crippen LogP contribution in [0.1, 0.15) is 26.5 Å². The third-order valence-corrected chi connectivity index (χ3v) is 5.38. The predicted octanol–water partition coefficient (Wildman–Crippen LogP) is 2.74. The molecule has 4 N–H and O–H groups in total. The van der Waals surface area contributed by atoms with Gasteiger partial charge in [-0.05, 0) is 38.5 Å². The largest absolute Gasteiger partial charge is 0.382 e. The Morgan fingerprint density at radius 2 is 1.70 bits per heavy atom. The van der Waals surface area contributed by atoms with Gasteiger partial charge in [0.1, 0.15) is 0 Å². The number of rotatable bonds is 14. The number of benzene rings is 1. The molecule has 8 nitrogen and oxygen atoms in total. The molecule has 166 valence electrons. The van der Waals surface area contributed by atoms with Crippen LogP contribution in [-0.4, -0.2) is 63.6 Å². The lowest BCUT2D eigenvalue weighted by atomic mass is 10.1. The fourth-order valence-electron chi connectivity index (χ4n) is 2.65.